The highest BCUT2D eigenvalue weighted by molar-refractivity contribution is 9.10. The number of hydrogen-bond acceptors (Lipinski definition) is 4. The van der Waals surface area contributed by atoms with E-state index in [1.54, 1.807) is 19.2 Å². The normalized spacial score (nSPS) is 10.7. The van der Waals surface area contributed by atoms with Crippen molar-refractivity contribution in [2.45, 2.75) is 26.6 Å². The Kier molecular flexibility index (Phi) is 8.90. The van der Waals surface area contributed by atoms with Gasteiger partial charge in [-0.05, 0) is 70.4 Å². The Bertz CT molecular complexity index is 992. The van der Waals surface area contributed by atoms with Crippen LogP contribution in [0.2, 0.25) is 10.0 Å². The summed E-state index contributed by atoms with van der Waals surface area (Å²) in [6.45, 7) is 4.14. The average molecular weight is 525 g/mol. The van der Waals surface area contributed by atoms with E-state index < -0.39 is 0 Å². The quantitative estimate of drug-likeness (QED) is 0.309. The molecule has 3 rings (SSSR count). The second kappa shape index (κ2) is 11.6. The summed E-state index contributed by atoms with van der Waals surface area (Å²) >= 11 is 16.1. The number of rotatable bonds is 10. The standard InChI is InChI=1S/C24H24BrCl2NO3/c1-3-30-23-12-17(14-28-13-16-7-9-18(29-2)10-8-16)11-20(25)24(23)31-15-19-21(26)5-4-6-22(19)27/h4-12,28H,3,13-15H2,1-2H3. The van der Waals surface area contributed by atoms with Gasteiger partial charge >= 0.3 is 0 Å². The first-order valence-electron chi connectivity index (χ1n) is 9.86. The molecular formula is C24H24BrCl2NO3. The van der Waals surface area contributed by atoms with Gasteiger partial charge in [0.25, 0.3) is 0 Å². The molecule has 164 valence electrons. The van der Waals surface area contributed by atoms with Gasteiger partial charge in [-0.15, -0.1) is 0 Å². The molecule has 0 heterocycles. The molecule has 0 amide bonds. The maximum atomic E-state index is 6.26. The van der Waals surface area contributed by atoms with E-state index in [4.69, 9.17) is 37.4 Å². The minimum absolute atomic E-state index is 0.242. The van der Waals surface area contributed by atoms with Crippen LogP contribution in [-0.4, -0.2) is 13.7 Å². The smallest absolute Gasteiger partial charge is 0.175 e. The molecule has 3 aromatic rings. The Morgan fingerprint density at radius 2 is 1.58 bits per heavy atom. The van der Waals surface area contributed by atoms with Gasteiger partial charge in [-0.3, -0.25) is 0 Å². The third kappa shape index (κ3) is 6.53. The van der Waals surface area contributed by atoms with Gasteiger partial charge in [0.1, 0.15) is 12.4 Å². The molecule has 7 heteroatoms. The largest absolute Gasteiger partial charge is 0.497 e. The fourth-order valence-corrected chi connectivity index (χ4v) is 4.15. The van der Waals surface area contributed by atoms with Crippen molar-refractivity contribution >= 4 is 39.1 Å². The van der Waals surface area contributed by atoms with Gasteiger partial charge in [0.15, 0.2) is 11.5 Å². The molecule has 0 spiro atoms. The predicted molar refractivity (Wildman–Crippen MR) is 130 cm³/mol. The summed E-state index contributed by atoms with van der Waals surface area (Å²) < 4.78 is 17.9. The minimum Gasteiger partial charge on any atom is -0.497 e. The topological polar surface area (TPSA) is 39.7 Å². The van der Waals surface area contributed by atoms with E-state index >= 15 is 0 Å². The van der Waals surface area contributed by atoms with E-state index in [9.17, 15) is 0 Å². The molecule has 0 aliphatic heterocycles. The third-order valence-electron chi connectivity index (χ3n) is 4.61. The van der Waals surface area contributed by atoms with Gasteiger partial charge < -0.3 is 19.5 Å². The van der Waals surface area contributed by atoms with Gasteiger partial charge in [-0.1, -0.05) is 41.4 Å². The molecule has 0 aliphatic carbocycles. The van der Waals surface area contributed by atoms with Crippen LogP contribution < -0.4 is 19.5 Å². The highest BCUT2D eigenvalue weighted by atomic mass is 79.9. The number of methoxy groups -OCH3 is 1. The summed E-state index contributed by atoms with van der Waals surface area (Å²) in [6, 6.07) is 17.4. The Morgan fingerprint density at radius 1 is 0.903 bits per heavy atom. The predicted octanol–water partition coefficient (Wildman–Crippen LogP) is 7.03. The maximum absolute atomic E-state index is 6.26. The lowest BCUT2D eigenvalue weighted by Crippen LogP contribution is -2.13. The van der Waals surface area contributed by atoms with E-state index in [1.807, 2.05) is 49.4 Å². The molecule has 1 N–H and O–H groups in total. The Labute approximate surface area is 201 Å². The van der Waals surface area contributed by atoms with Crippen LogP contribution in [0.1, 0.15) is 23.6 Å². The molecule has 0 saturated heterocycles. The van der Waals surface area contributed by atoms with E-state index in [2.05, 4.69) is 21.2 Å². The van der Waals surface area contributed by atoms with Gasteiger partial charge in [-0.2, -0.15) is 0 Å². The van der Waals surface area contributed by atoms with Crippen LogP contribution in [-0.2, 0) is 19.7 Å². The zero-order valence-electron chi connectivity index (χ0n) is 17.4. The first-order chi connectivity index (χ1) is 15.0. The first-order valence-corrected chi connectivity index (χ1v) is 11.4. The molecule has 0 aromatic heterocycles. The summed E-state index contributed by atoms with van der Waals surface area (Å²) in [5.41, 5.74) is 3.00. The van der Waals surface area contributed by atoms with E-state index in [1.165, 1.54) is 5.56 Å². The Hall–Kier alpha value is -1.92. The van der Waals surface area contributed by atoms with Crippen molar-refractivity contribution in [1.82, 2.24) is 5.32 Å². The number of benzene rings is 3. The van der Waals surface area contributed by atoms with Crippen LogP contribution >= 0.6 is 39.1 Å². The lowest BCUT2D eigenvalue weighted by molar-refractivity contribution is 0.267. The van der Waals surface area contributed by atoms with Crippen molar-refractivity contribution in [3.05, 3.63) is 85.8 Å². The third-order valence-corrected chi connectivity index (χ3v) is 5.91. The second-order valence-electron chi connectivity index (χ2n) is 6.78. The summed E-state index contributed by atoms with van der Waals surface area (Å²) in [4.78, 5) is 0. The zero-order chi connectivity index (χ0) is 22.2. The maximum Gasteiger partial charge on any atom is 0.175 e. The van der Waals surface area contributed by atoms with Crippen LogP contribution in [0.3, 0.4) is 0 Å². The molecule has 0 saturated carbocycles. The molecule has 0 aliphatic rings. The highest BCUT2D eigenvalue weighted by Gasteiger charge is 2.14. The summed E-state index contributed by atoms with van der Waals surface area (Å²) in [6.07, 6.45) is 0. The molecule has 0 radical (unpaired) electrons. The van der Waals surface area contributed by atoms with E-state index in [0.29, 0.717) is 34.7 Å². The van der Waals surface area contributed by atoms with Gasteiger partial charge in [0.05, 0.1) is 18.2 Å². The Balaban J connectivity index is 1.68. The van der Waals surface area contributed by atoms with Crippen LogP contribution in [0.5, 0.6) is 17.2 Å². The van der Waals surface area contributed by atoms with Crippen LogP contribution in [0, 0.1) is 0 Å². The molecular weight excluding hydrogens is 501 g/mol. The van der Waals surface area contributed by atoms with Crippen LogP contribution in [0.4, 0.5) is 0 Å². The minimum atomic E-state index is 0.242. The lowest BCUT2D eigenvalue weighted by Gasteiger charge is -2.17. The second-order valence-corrected chi connectivity index (χ2v) is 8.45. The van der Waals surface area contributed by atoms with Crippen molar-refractivity contribution in [3.8, 4) is 17.2 Å². The van der Waals surface area contributed by atoms with Gasteiger partial charge in [0, 0.05) is 28.7 Å². The molecule has 0 unspecified atom stereocenters. The van der Waals surface area contributed by atoms with E-state index in [-0.39, 0.29) is 6.61 Å². The number of hydrogen-bond donors (Lipinski definition) is 1. The molecule has 0 bridgehead atoms. The molecule has 3 aromatic carbocycles. The first kappa shape index (κ1) is 23.7. The van der Waals surface area contributed by atoms with Crippen molar-refractivity contribution in [1.29, 1.82) is 0 Å². The molecule has 0 atom stereocenters. The fourth-order valence-electron chi connectivity index (χ4n) is 3.04. The number of halogens is 3. The van der Waals surface area contributed by atoms with Gasteiger partial charge in [-0.25, -0.2) is 0 Å². The Morgan fingerprint density at radius 3 is 2.23 bits per heavy atom. The summed E-state index contributed by atoms with van der Waals surface area (Å²) in [5, 5.41) is 4.59. The number of ether oxygens (including phenoxy) is 3. The van der Waals surface area contributed by atoms with Crippen LogP contribution in [0.25, 0.3) is 0 Å². The fraction of sp³-hybridized carbons (Fsp3) is 0.250. The van der Waals surface area contributed by atoms with Crippen LogP contribution in [0.15, 0.2) is 59.1 Å². The highest BCUT2D eigenvalue weighted by Crippen LogP contribution is 2.38. The number of nitrogens with one attached hydrogen (secondary N) is 1. The van der Waals surface area contributed by atoms with E-state index in [0.717, 1.165) is 27.9 Å². The summed E-state index contributed by atoms with van der Waals surface area (Å²) in [7, 11) is 1.66. The molecule has 4 nitrogen and oxygen atoms in total. The monoisotopic (exact) mass is 523 g/mol. The SMILES string of the molecule is CCOc1cc(CNCc2ccc(OC)cc2)cc(Br)c1OCc1c(Cl)cccc1Cl. The molecule has 0 fully saturated rings. The average Bonchev–Trinajstić information content (AvgIpc) is 2.75. The molecule has 31 heavy (non-hydrogen) atoms. The van der Waals surface area contributed by atoms with Crippen molar-refractivity contribution in [2.75, 3.05) is 13.7 Å². The summed E-state index contributed by atoms with van der Waals surface area (Å²) in [5.74, 6) is 2.14. The van der Waals surface area contributed by atoms with Gasteiger partial charge in [0.2, 0.25) is 0 Å². The zero-order valence-corrected chi connectivity index (χ0v) is 20.5. The lowest BCUT2D eigenvalue weighted by atomic mass is 10.1. The van der Waals surface area contributed by atoms with Crippen molar-refractivity contribution < 1.29 is 14.2 Å². The van der Waals surface area contributed by atoms with Crippen molar-refractivity contribution in [2.24, 2.45) is 0 Å². The van der Waals surface area contributed by atoms with Crippen molar-refractivity contribution in [3.63, 3.8) is 0 Å².